The lowest BCUT2D eigenvalue weighted by atomic mass is 9.85. The molecule has 1 aliphatic rings. The fourth-order valence-electron chi connectivity index (χ4n) is 3.18. The van der Waals surface area contributed by atoms with Crippen LogP contribution in [0, 0.1) is 11.6 Å². The van der Waals surface area contributed by atoms with Gasteiger partial charge in [-0.05, 0) is 25.5 Å². The average Bonchev–Trinajstić information content (AvgIpc) is 2.98. The molecule has 162 valence electrons. The Morgan fingerprint density at radius 3 is 2.60 bits per heavy atom. The van der Waals surface area contributed by atoms with E-state index in [0.717, 1.165) is 32.4 Å². The molecule has 0 saturated carbocycles. The minimum absolute atomic E-state index is 0.0495. The Labute approximate surface area is 173 Å². The van der Waals surface area contributed by atoms with E-state index in [1.165, 1.54) is 6.07 Å². The number of aromatic amines is 1. The van der Waals surface area contributed by atoms with Crippen LogP contribution in [-0.4, -0.2) is 34.2 Å². The molecule has 0 aliphatic carbocycles. The van der Waals surface area contributed by atoms with Crippen molar-refractivity contribution in [2.45, 2.75) is 35.4 Å². The second kappa shape index (κ2) is 7.93. The van der Waals surface area contributed by atoms with Gasteiger partial charge in [0.25, 0.3) is 0 Å². The molecule has 1 amide bonds. The van der Waals surface area contributed by atoms with Crippen molar-refractivity contribution < 1.29 is 32.9 Å². The van der Waals surface area contributed by atoms with Gasteiger partial charge in [-0.2, -0.15) is 17.6 Å². The van der Waals surface area contributed by atoms with Crippen LogP contribution < -0.4 is 15.6 Å². The second-order valence-electron chi connectivity index (χ2n) is 6.83. The van der Waals surface area contributed by atoms with Gasteiger partial charge in [-0.1, -0.05) is 6.07 Å². The van der Waals surface area contributed by atoms with E-state index in [-0.39, 0.29) is 23.0 Å². The van der Waals surface area contributed by atoms with Crippen molar-refractivity contribution >= 4 is 23.4 Å². The number of H-pyrrole nitrogens is 1. The lowest BCUT2D eigenvalue weighted by Gasteiger charge is -2.26. The van der Waals surface area contributed by atoms with Gasteiger partial charge in [-0.25, -0.2) is 4.39 Å². The van der Waals surface area contributed by atoms with Crippen LogP contribution in [0.3, 0.4) is 0 Å². The molecule has 5 nitrogen and oxygen atoms in total. The van der Waals surface area contributed by atoms with Gasteiger partial charge < -0.3 is 15.0 Å². The largest absolute Gasteiger partial charge is 0.493 e. The molecule has 1 aromatic carbocycles. The Morgan fingerprint density at radius 1 is 1.33 bits per heavy atom. The molecule has 1 saturated heterocycles. The van der Waals surface area contributed by atoms with Crippen molar-refractivity contribution in [3.8, 4) is 5.75 Å². The molecule has 3 rings (SSSR count). The molecule has 30 heavy (non-hydrogen) atoms. The van der Waals surface area contributed by atoms with Crippen molar-refractivity contribution in [1.82, 2.24) is 4.98 Å². The van der Waals surface area contributed by atoms with Gasteiger partial charge in [-0.3, -0.25) is 9.59 Å². The highest BCUT2D eigenvalue weighted by Crippen LogP contribution is 2.59. The topological polar surface area (TPSA) is 71.2 Å². The Kier molecular flexibility index (Phi) is 5.48. The number of hydrogen-bond donors (Lipinski definition) is 2. The molecule has 0 bridgehead atoms. The highest BCUT2D eigenvalue weighted by Gasteiger charge is 2.60. The normalized spacial score (nSPS) is 26.9. The van der Waals surface area contributed by atoms with Crippen LogP contribution in [0.4, 0.5) is 27.6 Å². The number of alkyl halides is 3. The number of rotatable bonds is 4. The zero-order valence-corrected chi connectivity index (χ0v) is 16.5. The number of carbonyl (C=O) groups excluding carboxylic acids is 1. The molecular formula is C19H17F5N2O3S. The summed E-state index contributed by atoms with van der Waals surface area (Å²) in [5, 5.41) is -0.164. The van der Waals surface area contributed by atoms with Crippen molar-refractivity contribution in [2.75, 3.05) is 12.4 Å². The highest BCUT2D eigenvalue weighted by atomic mass is 32.2. The maximum Gasteiger partial charge on any atom is 0.403 e. The third-order valence-corrected chi connectivity index (χ3v) is 6.31. The molecule has 1 aromatic heterocycles. The quantitative estimate of drug-likeness (QED) is 0.686. The standard InChI is InChI=1S/C19H17F5N2O3S/c1-18(19(22,23)24)7-11(10-4-5-12(20)14(21)15(10)29-2)16(30-18)17(28)26-9-3-6-13(27)25-8-9/h3-6,8,11,16H,7H2,1-2H3,(H,25,27)(H,26,28)/i16D. The summed E-state index contributed by atoms with van der Waals surface area (Å²) < 4.78 is 80.4. The predicted octanol–water partition coefficient (Wildman–Crippen LogP) is 4.21. The van der Waals surface area contributed by atoms with Crippen LogP contribution in [0.5, 0.6) is 5.75 Å². The first kappa shape index (κ1) is 20.7. The number of nitrogens with one attached hydrogen (secondary N) is 2. The van der Waals surface area contributed by atoms with E-state index in [4.69, 9.17) is 6.11 Å². The molecule has 0 spiro atoms. The van der Waals surface area contributed by atoms with Crippen LogP contribution in [0.25, 0.3) is 0 Å². The monoisotopic (exact) mass is 449 g/mol. The summed E-state index contributed by atoms with van der Waals surface area (Å²) >= 11 is 0.0709. The summed E-state index contributed by atoms with van der Waals surface area (Å²) in [6.45, 7) is 0.848. The zero-order valence-electron chi connectivity index (χ0n) is 16.7. The average molecular weight is 449 g/mol. The number of pyridine rings is 1. The van der Waals surface area contributed by atoms with Gasteiger partial charge in [0.2, 0.25) is 17.3 Å². The predicted molar refractivity (Wildman–Crippen MR) is 102 cm³/mol. The third-order valence-electron chi connectivity index (χ3n) is 4.77. The van der Waals surface area contributed by atoms with Crippen molar-refractivity contribution in [1.29, 1.82) is 0 Å². The smallest absolute Gasteiger partial charge is 0.403 e. The Morgan fingerprint density at radius 2 is 2.03 bits per heavy atom. The van der Waals surface area contributed by atoms with Gasteiger partial charge in [-0.15, -0.1) is 11.8 Å². The number of thioether (sulfide) groups is 1. The van der Waals surface area contributed by atoms with Gasteiger partial charge in [0, 0.05) is 23.7 Å². The number of benzene rings is 1. The van der Waals surface area contributed by atoms with Crippen LogP contribution in [-0.2, 0) is 4.79 Å². The number of hydrogen-bond acceptors (Lipinski definition) is 4. The molecule has 2 aromatic rings. The van der Waals surface area contributed by atoms with Crippen LogP contribution in [0.15, 0.2) is 35.3 Å². The van der Waals surface area contributed by atoms with Crippen LogP contribution >= 0.6 is 11.8 Å². The first-order chi connectivity index (χ1) is 14.3. The van der Waals surface area contributed by atoms with E-state index in [9.17, 15) is 31.5 Å². The first-order valence-corrected chi connectivity index (χ1v) is 9.43. The van der Waals surface area contributed by atoms with Crippen LogP contribution in [0.1, 0.15) is 26.2 Å². The van der Waals surface area contributed by atoms with Crippen molar-refractivity contribution in [3.63, 3.8) is 0 Å². The molecule has 3 atom stereocenters. The molecule has 2 N–H and O–H groups in total. The number of aromatic nitrogens is 1. The van der Waals surface area contributed by atoms with E-state index in [1.54, 1.807) is 0 Å². The summed E-state index contributed by atoms with van der Waals surface area (Å²) in [6, 6.07) is 4.03. The maximum atomic E-state index is 14.3. The van der Waals surface area contributed by atoms with Gasteiger partial charge in [0.1, 0.15) is 4.75 Å². The van der Waals surface area contributed by atoms with Gasteiger partial charge in [0.05, 0.1) is 19.4 Å². The van der Waals surface area contributed by atoms with Crippen LogP contribution in [0.2, 0.25) is 0 Å². The summed E-state index contributed by atoms with van der Waals surface area (Å²) in [6.07, 6.45) is -4.41. The lowest BCUT2D eigenvalue weighted by molar-refractivity contribution is -0.155. The molecule has 2 heterocycles. The minimum Gasteiger partial charge on any atom is -0.493 e. The molecule has 1 fully saturated rings. The van der Waals surface area contributed by atoms with E-state index < -0.39 is 57.3 Å². The Balaban J connectivity index is 2.10. The summed E-state index contributed by atoms with van der Waals surface area (Å²) in [4.78, 5) is 26.5. The number of carbonyl (C=O) groups is 1. The summed E-state index contributed by atoms with van der Waals surface area (Å²) in [5.41, 5.74) is -0.648. The second-order valence-corrected chi connectivity index (χ2v) is 8.38. The molecular weight excluding hydrogens is 431 g/mol. The molecule has 0 radical (unpaired) electrons. The van der Waals surface area contributed by atoms with Crippen molar-refractivity contribution in [3.05, 3.63) is 58.0 Å². The Hall–Kier alpha value is -2.56. The Bertz CT molecular complexity index is 1060. The van der Waals surface area contributed by atoms with E-state index in [0.29, 0.717) is 6.07 Å². The number of ether oxygens (including phenoxy) is 1. The maximum absolute atomic E-state index is 14.3. The summed E-state index contributed by atoms with van der Waals surface area (Å²) in [7, 11) is 1.01. The fourth-order valence-corrected chi connectivity index (χ4v) is 4.52. The van der Waals surface area contributed by atoms with Gasteiger partial charge in [0.15, 0.2) is 11.6 Å². The summed E-state index contributed by atoms with van der Waals surface area (Å²) in [5.74, 6) is -5.97. The van der Waals surface area contributed by atoms with Gasteiger partial charge >= 0.3 is 6.18 Å². The minimum atomic E-state index is -4.79. The van der Waals surface area contributed by atoms with Crippen molar-refractivity contribution in [2.24, 2.45) is 0 Å². The molecule has 1 aliphatic heterocycles. The van der Waals surface area contributed by atoms with E-state index in [1.807, 2.05) is 0 Å². The number of amides is 1. The number of halogens is 5. The van der Waals surface area contributed by atoms with E-state index >= 15 is 0 Å². The lowest BCUT2D eigenvalue weighted by Crippen LogP contribution is -2.37. The van der Waals surface area contributed by atoms with E-state index in [2.05, 4.69) is 10.3 Å². The third kappa shape index (κ3) is 4.03. The highest BCUT2D eigenvalue weighted by molar-refractivity contribution is 8.02. The first-order valence-electron chi connectivity index (χ1n) is 9.11. The zero-order chi connectivity index (χ0) is 23.2. The number of methoxy groups -OCH3 is 1. The number of anilines is 1. The SMILES string of the molecule is [2H]C1(C(=O)Nc2ccc(=O)[nH]c2)SC(C)(C(F)(F)F)CC1c1ccc(F)c(F)c1OC. The fraction of sp³-hybridized carbons (Fsp3) is 0.368. The molecule has 11 heteroatoms. The molecule has 3 unspecified atom stereocenters.